The normalized spacial score (nSPS) is 15.0. The minimum absolute atomic E-state index is 0.0848. The van der Waals surface area contributed by atoms with Gasteiger partial charge in [-0.2, -0.15) is 0 Å². The quantitative estimate of drug-likeness (QED) is 0.601. The number of hydrogen-bond acceptors (Lipinski definition) is 0. The summed E-state index contributed by atoms with van der Waals surface area (Å²) in [6.45, 7) is 6.02. The van der Waals surface area contributed by atoms with Gasteiger partial charge in [0.25, 0.3) is 0 Å². The van der Waals surface area contributed by atoms with Crippen molar-refractivity contribution in [2.45, 2.75) is 25.2 Å². The molecule has 2 aromatic rings. The summed E-state index contributed by atoms with van der Waals surface area (Å²) in [4.78, 5) is 0. The van der Waals surface area contributed by atoms with Gasteiger partial charge in [0.15, 0.2) is 0 Å². The molecule has 1 aliphatic rings. The highest BCUT2D eigenvalue weighted by atomic mass is 35.5. The van der Waals surface area contributed by atoms with Gasteiger partial charge in [0.05, 0.1) is 0 Å². The van der Waals surface area contributed by atoms with Crippen molar-refractivity contribution in [1.29, 1.82) is 0 Å². The maximum absolute atomic E-state index is 6.24. The molecule has 0 saturated carbocycles. The zero-order valence-corrected chi connectivity index (χ0v) is 13.0. The Kier molecular flexibility index (Phi) is 3.73. The molecule has 0 radical (unpaired) electrons. The summed E-state index contributed by atoms with van der Waals surface area (Å²) in [6, 6.07) is 17.3. The Morgan fingerprint density at radius 3 is 2.05 bits per heavy atom. The lowest BCUT2D eigenvalue weighted by Gasteiger charge is -2.31. The Hall–Kier alpha value is -1.79. The van der Waals surface area contributed by atoms with E-state index in [4.69, 9.17) is 11.6 Å². The van der Waals surface area contributed by atoms with E-state index in [0.717, 1.165) is 12.8 Å². The highest BCUT2D eigenvalue weighted by molar-refractivity contribution is 6.29. The summed E-state index contributed by atoms with van der Waals surface area (Å²) < 4.78 is 0. The summed E-state index contributed by atoms with van der Waals surface area (Å²) in [5.74, 6) is 0. The third-order valence-corrected chi connectivity index (χ3v) is 4.50. The lowest BCUT2D eigenvalue weighted by atomic mass is 9.73. The average Bonchev–Trinajstić information content (AvgIpc) is 2.77. The molecule has 0 bridgehead atoms. The fraction of sp³-hybridized carbons (Fsp3) is 0.200. The zero-order valence-electron chi connectivity index (χ0n) is 12.3. The Labute approximate surface area is 131 Å². The second-order valence-electron chi connectivity index (χ2n) is 5.64. The summed E-state index contributed by atoms with van der Waals surface area (Å²) in [5, 5.41) is 0.714. The second-order valence-corrected chi connectivity index (χ2v) is 6.17. The first-order valence-corrected chi connectivity index (χ1v) is 7.70. The Bertz CT molecular complexity index is 664. The lowest BCUT2D eigenvalue weighted by molar-refractivity contribution is 0.538. The molecule has 0 amide bonds. The first-order chi connectivity index (χ1) is 10.2. The van der Waals surface area contributed by atoms with Crippen LogP contribution >= 0.6 is 11.6 Å². The number of fused-ring (bicyclic) bond motifs is 3. The van der Waals surface area contributed by atoms with Crippen molar-refractivity contribution in [2.24, 2.45) is 0 Å². The number of rotatable bonds is 4. The summed E-state index contributed by atoms with van der Waals surface area (Å²) in [7, 11) is 0. The van der Waals surface area contributed by atoms with Crippen LogP contribution in [0.3, 0.4) is 0 Å². The smallest absolute Gasteiger partial charge is 0.0298 e. The van der Waals surface area contributed by atoms with Crippen LogP contribution in [-0.2, 0) is 5.41 Å². The van der Waals surface area contributed by atoms with Gasteiger partial charge in [0.1, 0.15) is 0 Å². The minimum Gasteiger partial charge on any atom is -0.0916 e. The van der Waals surface area contributed by atoms with Crippen molar-refractivity contribution >= 4 is 11.6 Å². The molecular formula is C20H19Cl. The molecular weight excluding hydrogens is 276 g/mol. The number of allylic oxidation sites excluding steroid dienone is 3. The standard InChI is InChI=1S/C20H19Cl/c1-3-4-13-20(14-15(2)21)18-11-7-5-9-16(18)17-10-6-8-12-19(17)20/h3-12H,2,13-14H2,1H3/b4-3-. The maximum Gasteiger partial charge on any atom is 0.0298 e. The maximum atomic E-state index is 6.24. The van der Waals surface area contributed by atoms with E-state index in [-0.39, 0.29) is 5.41 Å². The molecule has 0 unspecified atom stereocenters. The molecule has 0 N–H and O–H groups in total. The van der Waals surface area contributed by atoms with Gasteiger partial charge < -0.3 is 0 Å². The van der Waals surface area contributed by atoms with E-state index in [0.29, 0.717) is 5.03 Å². The van der Waals surface area contributed by atoms with Gasteiger partial charge in [0, 0.05) is 10.4 Å². The Balaban J connectivity index is 2.29. The lowest BCUT2D eigenvalue weighted by Crippen LogP contribution is -2.24. The molecule has 0 fully saturated rings. The number of benzene rings is 2. The van der Waals surface area contributed by atoms with E-state index in [1.54, 1.807) is 0 Å². The Morgan fingerprint density at radius 1 is 1.05 bits per heavy atom. The molecule has 106 valence electrons. The van der Waals surface area contributed by atoms with Crippen LogP contribution in [0.2, 0.25) is 0 Å². The largest absolute Gasteiger partial charge is 0.0916 e. The SMILES string of the molecule is C=C(Cl)CC1(C/C=C\C)c2ccccc2-c2ccccc21. The Morgan fingerprint density at radius 2 is 1.57 bits per heavy atom. The molecule has 0 aliphatic heterocycles. The van der Waals surface area contributed by atoms with Crippen LogP contribution in [0.1, 0.15) is 30.9 Å². The van der Waals surface area contributed by atoms with Crippen LogP contribution in [0.4, 0.5) is 0 Å². The predicted octanol–water partition coefficient (Wildman–Crippen LogP) is 6.06. The van der Waals surface area contributed by atoms with Crippen LogP contribution in [0.15, 0.2) is 72.3 Å². The van der Waals surface area contributed by atoms with E-state index in [1.165, 1.54) is 22.3 Å². The van der Waals surface area contributed by atoms with Crippen molar-refractivity contribution in [3.8, 4) is 11.1 Å². The van der Waals surface area contributed by atoms with Crippen molar-refractivity contribution in [3.63, 3.8) is 0 Å². The van der Waals surface area contributed by atoms with Gasteiger partial charge >= 0.3 is 0 Å². The predicted molar refractivity (Wildman–Crippen MR) is 91.7 cm³/mol. The summed E-state index contributed by atoms with van der Waals surface area (Å²) >= 11 is 6.24. The zero-order chi connectivity index (χ0) is 14.9. The van der Waals surface area contributed by atoms with E-state index in [9.17, 15) is 0 Å². The van der Waals surface area contributed by atoms with Crippen molar-refractivity contribution in [3.05, 3.63) is 83.4 Å². The first kappa shape index (κ1) is 14.2. The van der Waals surface area contributed by atoms with E-state index < -0.39 is 0 Å². The van der Waals surface area contributed by atoms with Crippen LogP contribution in [-0.4, -0.2) is 0 Å². The number of hydrogen-bond donors (Lipinski definition) is 0. The van der Waals surface area contributed by atoms with Crippen molar-refractivity contribution in [1.82, 2.24) is 0 Å². The fourth-order valence-corrected chi connectivity index (χ4v) is 3.77. The molecule has 2 aromatic carbocycles. The third-order valence-electron chi connectivity index (χ3n) is 4.37. The van der Waals surface area contributed by atoms with Gasteiger partial charge in [-0.1, -0.05) is 78.9 Å². The van der Waals surface area contributed by atoms with Crippen LogP contribution in [0.25, 0.3) is 11.1 Å². The highest BCUT2D eigenvalue weighted by Gasteiger charge is 2.41. The molecule has 0 nitrogen and oxygen atoms in total. The molecule has 21 heavy (non-hydrogen) atoms. The molecule has 0 aromatic heterocycles. The van der Waals surface area contributed by atoms with E-state index in [1.807, 2.05) is 0 Å². The van der Waals surface area contributed by atoms with Gasteiger partial charge in [-0.25, -0.2) is 0 Å². The topological polar surface area (TPSA) is 0 Å². The van der Waals surface area contributed by atoms with Crippen LogP contribution in [0.5, 0.6) is 0 Å². The summed E-state index contributed by atoms with van der Waals surface area (Å²) in [6.07, 6.45) is 6.07. The van der Waals surface area contributed by atoms with Crippen molar-refractivity contribution in [2.75, 3.05) is 0 Å². The monoisotopic (exact) mass is 294 g/mol. The molecule has 0 atom stereocenters. The number of halogens is 1. The highest BCUT2D eigenvalue weighted by Crippen LogP contribution is 2.53. The molecule has 0 spiro atoms. The average molecular weight is 295 g/mol. The molecule has 0 heterocycles. The minimum atomic E-state index is -0.0848. The van der Waals surface area contributed by atoms with E-state index in [2.05, 4.69) is 74.2 Å². The van der Waals surface area contributed by atoms with Gasteiger partial charge in [0.2, 0.25) is 0 Å². The molecule has 0 saturated heterocycles. The van der Waals surface area contributed by atoms with Crippen molar-refractivity contribution < 1.29 is 0 Å². The van der Waals surface area contributed by atoms with Gasteiger partial charge in [-0.15, -0.1) is 0 Å². The molecule has 3 rings (SSSR count). The first-order valence-electron chi connectivity index (χ1n) is 7.33. The third kappa shape index (κ3) is 2.24. The fourth-order valence-electron chi connectivity index (χ4n) is 3.54. The summed E-state index contributed by atoms with van der Waals surface area (Å²) in [5.41, 5.74) is 5.31. The van der Waals surface area contributed by atoms with Crippen LogP contribution in [0, 0.1) is 0 Å². The van der Waals surface area contributed by atoms with Crippen LogP contribution < -0.4 is 0 Å². The van der Waals surface area contributed by atoms with E-state index >= 15 is 0 Å². The van der Waals surface area contributed by atoms with Gasteiger partial charge in [-0.3, -0.25) is 0 Å². The second kappa shape index (κ2) is 5.54. The van der Waals surface area contributed by atoms with Gasteiger partial charge in [-0.05, 0) is 42.0 Å². The molecule has 1 heteroatoms. The molecule has 1 aliphatic carbocycles.